The zero-order valence-electron chi connectivity index (χ0n) is 7.22. The quantitative estimate of drug-likeness (QED) is 0.728. The number of rotatable bonds is 1. The van der Waals surface area contributed by atoms with Gasteiger partial charge in [0.2, 0.25) is 0 Å². The fourth-order valence-electron chi connectivity index (χ4n) is 1.82. The first-order chi connectivity index (χ1) is 6.27. The van der Waals surface area contributed by atoms with E-state index in [9.17, 15) is 0 Å². The van der Waals surface area contributed by atoms with Gasteiger partial charge < -0.3 is 0 Å². The van der Waals surface area contributed by atoms with Crippen LogP contribution in [0, 0.1) is 0 Å². The fraction of sp³-hybridized carbons (Fsp3) is 0.667. The minimum atomic E-state index is 0.723. The third-order valence-electron chi connectivity index (χ3n) is 2.52. The summed E-state index contributed by atoms with van der Waals surface area (Å²) in [5, 5.41) is 1.30. The Balaban J connectivity index is 2.14. The van der Waals surface area contributed by atoms with E-state index >= 15 is 0 Å². The van der Waals surface area contributed by atoms with Crippen molar-refractivity contribution in [2.45, 2.75) is 38.0 Å². The van der Waals surface area contributed by atoms with Crippen LogP contribution in [-0.2, 0) is 0 Å². The fourth-order valence-corrected chi connectivity index (χ4v) is 3.81. The van der Waals surface area contributed by atoms with Gasteiger partial charge in [0.15, 0.2) is 0 Å². The Labute approximate surface area is 99.2 Å². The van der Waals surface area contributed by atoms with Crippen molar-refractivity contribution in [3.63, 3.8) is 0 Å². The zero-order valence-corrected chi connectivity index (χ0v) is 11.2. The predicted octanol–water partition coefficient (Wildman–Crippen LogP) is 4.72. The predicted molar refractivity (Wildman–Crippen MR) is 63.3 cm³/mol. The lowest BCUT2D eigenvalue weighted by molar-refractivity contribution is 0.442. The first-order valence-corrected chi connectivity index (χ1v) is 6.99. The highest BCUT2D eigenvalue weighted by molar-refractivity contribution is 9.13. The SMILES string of the molecule is Brc1nc(C2CCCCC2)sc1Br. The molecule has 1 aromatic heterocycles. The molecule has 1 aliphatic carbocycles. The number of hydrogen-bond acceptors (Lipinski definition) is 2. The summed E-state index contributed by atoms with van der Waals surface area (Å²) < 4.78 is 2.10. The van der Waals surface area contributed by atoms with Gasteiger partial charge in [0.25, 0.3) is 0 Å². The molecule has 0 aliphatic heterocycles. The van der Waals surface area contributed by atoms with E-state index in [1.165, 1.54) is 37.1 Å². The molecule has 0 amide bonds. The Morgan fingerprint density at radius 2 is 1.85 bits per heavy atom. The highest BCUT2D eigenvalue weighted by atomic mass is 79.9. The Morgan fingerprint density at radius 3 is 2.38 bits per heavy atom. The van der Waals surface area contributed by atoms with Crippen molar-refractivity contribution >= 4 is 43.2 Å². The van der Waals surface area contributed by atoms with Crippen LogP contribution in [0.3, 0.4) is 0 Å². The smallest absolute Gasteiger partial charge is 0.131 e. The highest BCUT2D eigenvalue weighted by Crippen LogP contribution is 2.39. The Hall–Kier alpha value is 0.590. The molecule has 1 aromatic rings. The summed E-state index contributed by atoms with van der Waals surface area (Å²) in [7, 11) is 0. The van der Waals surface area contributed by atoms with E-state index in [1.807, 2.05) is 0 Å². The van der Waals surface area contributed by atoms with Gasteiger partial charge in [-0.3, -0.25) is 0 Å². The minimum absolute atomic E-state index is 0.723. The molecule has 1 heterocycles. The molecule has 2 rings (SSSR count). The molecule has 0 unspecified atom stereocenters. The average Bonchev–Trinajstić information content (AvgIpc) is 2.49. The molecule has 13 heavy (non-hydrogen) atoms. The van der Waals surface area contributed by atoms with Crippen molar-refractivity contribution in [3.05, 3.63) is 13.4 Å². The van der Waals surface area contributed by atoms with E-state index in [2.05, 4.69) is 36.8 Å². The highest BCUT2D eigenvalue weighted by Gasteiger charge is 2.19. The van der Waals surface area contributed by atoms with Crippen LogP contribution < -0.4 is 0 Å². The molecule has 0 radical (unpaired) electrons. The molecule has 0 N–H and O–H groups in total. The van der Waals surface area contributed by atoms with Gasteiger partial charge in [-0.25, -0.2) is 4.98 Å². The van der Waals surface area contributed by atoms with Gasteiger partial charge in [0, 0.05) is 5.92 Å². The summed E-state index contributed by atoms with van der Waals surface area (Å²) in [6, 6.07) is 0. The third-order valence-corrected chi connectivity index (χ3v) is 5.75. The van der Waals surface area contributed by atoms with Crippen LogP contribution in [0.25, 0.3) is 0 Å². The number of hydrogen-bond donors (Lipinski definition) is 0. The van der Waals surface area contributed by atoms with Crippen LogP contribution in [0.5, 0.6) is 0 Å². The number of thiazole rings is 1. The standard InChI is InChI=1S/C9H11Br2NS/c10-7-8(11)13-9(12-7)6-4-2-1-3-5-6/h6H,1-5H2. The van der Waals surface area contributed by atoms with Gasteiger partial charge >= 0.3 is 0 Å². The summed E-state index contributed by atoms with van der Waals surface area (Å²) in [5.41, 5.74) is 0. The van der Waals surface area contributed by atoms with E-state index in [1.54, 1.807) is 11.3 Å². The van der Waals surface area contributed by atoms with Gasteiger partial charge in [-0.15, -0.1) is 11.3 Å². The van der Waals surface area contributed by atoms with Crippen molar-refractivity contribution in [3.8, 4) is 0 Å². The lowest BCUT2D eigenvalue weighted by atomic mass is 9.90. The third kappa shape index (κ3) is 2.34. The number of halogens is 2. The molecule has 1 fully saturated rings. The summed E-state index contributed by atoms with van der Waals surface area (Å²) in [6.45, 7) is 0. The zero-order chi connectivity index (χ0) is 9.26. The van der Waals surface area contributed by atoms with Crippen LogP contribution >= 0.6 is 43.2 Å². The maximum absolute atomic E-state index is 4.52. The summed E-state index contributed by atoms with van der Waals surface area (Å²) in [4.78, 5) is 4.52. The van der Waals surface area contributed by atoms with Crippen LogP contribution in [-0.4, -0.2) is 4.98 Å². The van der Waals surface area contributed by atoms with E-state index < -0.39 is 0 Å². The molecule has 72 valence electrons. The molecule has 0 saturated heterocycles. The first-order valence-electron chi connectivity index (χ1n) is 4.59. The first kappa shape index (κ1) is 10.1. The van der Waals surface area contributed by atoms with Gasteiger partial charge in [-0.1, -0.05) is 19.3 Å². The largest absolute Gasteiger partial charge is 0.233 e. The molecule has 0 bridgehead atoms. The normalized spacial score (nSPS) is 19.2. The number of aromatic nitrogens is 1. The molecule has 0 aromatic carbocycles. The van der Waals surface area contributed by atoms with Gasteiger partial charge in [0.05, 0.1) is 5.01 Å². The Morgan fingerprint density at radius 1 is 1.15 bits per heavy atom. The second-order valence-electron chi connectivity index (χ2n) is 3.45. The van der Waals surface area contributed by atoms with Crippen LogP contribution in [0.4, 0.5) is 0 Å². The van der Waals surface area contributed by atoms with Gasteiger partial charge in [0.1, 0.15) is 8.39 Å². The molecular weight excluding hydrogens is 314 g/mol. The molecule has 1 saturated carbocycles. The maximum Gasteiger partial charge on any atom is 0.131 e. The van der Waals surface area contributed by atoms with Crippen LogP contribution in [0.15, 0.2) is 8.39 Å². The van der Waals surface area contributed by atoms with Crippen molar-refractivity contribution < 1.29 is 0 Å². The van der Waals surface area contributed by atoms with E-state index in [0.717, 1.165) is 14.3 Å². The van der Waals surface area contributed by atoms with Crippen molar-refractivity contribution in [2.24, 2.45) is 0 Å². The van der Waals surface area contributed by atoms with Crippen molar-refractivity contribution in [1.82, 2.24) is 4.98 Å². The molecule has 1 aliphatic rings. The van der Waals surface area contributed by atoms with Crippen LogP contribution in [0.2, 0.25) is 0 Å². The molecule has 0 spiro atoms. The summed E-state index contributed by atoms with van der Waals surface area (Å²) in [6.07, 6.45) is 6.81. The van der Waals surface area contributed by atoms with E-state index in [0.29, 0.717) is 0 Å². The lowest BCUT2D eigenvalue weighted by Crippen LogP contribution is -2.03. The molecule has 1 nitrogen and oxygen atoms in total. The van der Waals surface area contributed by atoms with E-state index in [4.69, 9.17) is 0 Å². The summed E-state index contributed by atoms with van der Waals surface area (Å²) in [5.74, 6) is 0.723. The van der Waals surface area contributed by atoms with Gasteiger partial charge in [-0.05, 0) is 44.7 Å². The number of nitrogens with zero attached hydrogens (tertiary/aromatic N) is 1. The molecule has 4 heteroatoms. The Bertz CT molecular complexity index is 272. The van der Waals surface area contributed by atoms with Crippen LogP contribution in [0.1, 0.15) is 43.0 Å². The lowest BCUT2D eigenvalue weighted by Gasteiger charge is -2.18. The minimum Gasteiger partial charge on any atom is -0.233 e. The average molecular weight is 325 g/mol. The molecular formula is C9H11Br2NS. The Kier molecular flexibility index (Phi) is 3.43. The van der Waals surface area contributed by atoms with E-state index in [-0.39, 0.29) is 0 Å². The monoisotopic (exact) mass is 323 g/mol. The topological polar surface area (TPSA) is 12.9 Å². The second kappa shape index (κ2) is 4.41. The second-order valence-corrected chi connectivity index (χ2v) is 6.55. The van der Waals surface area contributed by atoms with Gasteiger partial charge in [-0.2, -0.15) is 0 Å². The summed E-state index contributed by atoms with van der Waals surface area (Å²) >= 11 is 8.71. The molecule has 0 atom stereocenters. The van der Waals surface area contributed by atoms with Crippen molar-refractivity contribution in [2.75, 3.05) is 0 Å². The maximum atomic E-state index is 4.52. The van der Waals surface area contributed by atoms with Crippen molar-refractivity contribution in [1.29, 1.82) is 0 Å².